The number of halogens is 3. The Bertz CT molecular complexity index is 432. The van der Waals surface area contributed by atoms with E-state index >= 15 is 0 Å². The molecular formula is C11H10Cl2INO. The van der Waals surface area contributed by atoms with Crippen molar-refractivity contribution in [3.63, 3.8) is 0 Å². The van der Waals surface area contributed by atoms with E-state index < -0.39 is 0 Å². The van der Waals surface area contributed by atoms with Crippen LogP contribution in [0, 0.1) is 0 Å². The molecule has 0 bridgehead atoms. The largest absolute Gasteiger partial charge is 0.300 e. The molecule has 0 saturated heterocycles. The van der Waals surface area contributed by atoms with Crippen LogP contribution in [0.15, 0.2) is 21.4 Å². The first-order valence-corrected chi connectivity index (χ1v) is 6.39. The minimum atomic E-state index is 0.151. The Hall–Kier alpha value is -0.130. The average Bonchev–Trinajstić information content (AvgIpc) is 2.23. The van der Waals surface area contributed by atoms with Gasteiger partial charge in [0.15, 0.2) is 0 Å². The second-order valence-corrected chi connectivity index (χ2v) is 4.66. The number of benzene rings is 1. The summed E-state index contributed by atoms with van der Waals surface area (Å²) >= 11 is 13.7. The number of hydrogen-bond acceptors (Lipinski definition) is 2. The molecular weight excluding hydrogens is 360 g/mol. The van der Waals surface area contributed by atoms with Gasteiger partial charge in [-0.15, -0.1) is 0 Å². The Balaban J connectivity index is 2.88. The maximum atomic E-state index is 10.9. The first kappa shape index (κ1) is 13.9. The van der Waals surface area contributed by atoms with Crippen molar-refractivity contribution in [2.75, 3.05) is 0 Å². The van der Waals surface area contributed by atoms with Gasteiger partial charge in [0.05, 0.1) is 38.6 Å². The Morgan fingerprint density at radius 3 is 2.50 bits per heavy atom. The van der Waals surface area contributed by atoms with Gasteiger partial charge in [-0.2, -0.15) is 0 Å². The number of nitrogens with zero attached hydrogens (tertiary/aromatic N) is 1. The van der Waals surface area contributed by atoms with Crippen LogP contribution in [0.2, 0.25) is 10.0 Å². The van der Waals surface area contributed by atoms with Crippen LogP contribution in [-0.2, 0) is 4.79 Å². The Morgan fingerprint density at radius 2 is 2.00 bits per heavy atom. The van der Waals surface area contributed by atoms with E-state index in [0.29, 0.717) is 22.9 Å². The Morgan fingerprint density at radius 1 is 1.31 bits per heavy atom. The number of rotatable bonds is 4. The van der Waals surface area contributed by atoms with Crippen molar-refractivity contribution in [2.45, 2.75) is 19.8 Å². The zero-order chi connectivity index (χ0) is 12.1. The molecule has 0 aliphatic heterocycles. The van der Waals surface area contributed by atoms with Crippen molar-refractivity contribution in [1.29, 1.82) is 0 Å². The van der Waals surface area contributed by atoms with Gasteiger partial charge in [-0.1, -0.05) is 29.3 Å². The Labute approximate surface area is 119 Å². The lowest BCUT2D eigenvalue weighted by Crippen LogP contribution is -2.03. The first-order chi connectivity index (χ1) is 7.54. The molecule has 5 heteroatoms. The minimum Gasteiger partial charge on any atom is -0.300 e. The molecule has 2 nitrogen and oxygen atoms in total. The minimum absolute atomic E-state index is 0.151. The third-order valence-electron chi connectivity index (χ3n) is 2.07. The van der Waals surface area contributed by atoms with Crippen LogP contribution < -0.4 is 0 Å². The fourth-order valence-electron chi connectivity index (χ4n) is 1.21. The van der Waals surface area contributed by atoms with Crippen LogP contribution in [0.5, 0.6) is 0 Å². The molecule has 1 rings (SSSR count). The molecule has 0 spiro atoms. The van der Waals surface area contributed by atoms with Gasteiger partial charge in [-0.05, 0) is 31.0 Å². The second-order valence-electron chi connectivity index (χ2n) is 3.36. The van der Waals surface area contributed by atoms with Crippen molar-refractivity contribution < 1.29 is 4.79 Å². The summed E-state index contributed by atoms with van der Waals surface area (Å²) in [6.07, 6.45) is 1.11. The summed E-state index contributed by atoms with van der Waals surface area (Å²) in [7, 11) is 0. The van der Waals surface area contributed by atoms with Crippen LogP contribution >= 0.6 is 46.1 Å². The van der Waals surface area contributed by atoms with Gasteiger partial charge in [-0.3, -0.25) is 0 Å². The summed E-state index contributed by atoms with van der Waals surface area (Å²) in [6, 6.07) is 5.35. The zero-order valence-electron chi connectivity index (χ0n) is 8.64. The van der Waals surface area contributed by atoms with E-state index in [1.807, 2.05) is 28.9 Å². The standard InChI is InChI=1S/C11H10Cl2INO/c1-7(16)2-5-11(15-14)8-3-4-9(12)10(13)6-8/h3-4,6H,2,5H2,1H3/b15-11+. The van der Waals surface area contributed by atoms with Gasteiger partial charge in [0.25, 0.3) is 0 Å². The normalized spacial score (nSPS) is 11.6. The van der Waals surface area contributed by atoms with Crippen LogP contribution in [0.4, 0.5) is 0 Å². The molecule has 86 valence electrons. The fourth-order valence-corrected chi connectivity index (χ4v) is 2.02. The maximum Gasteiger partial charge on any atom is 0.130 e. The summed E-state index contributed by atoms with van der Waals surface area (Å²) in [5.74, 6) is 0.151. The number of hydrogen-bond donors (Lipinski definition) is 0. The molecule has 1 aromatic rings. The number of Topliss-reactive ketones (excluding diaryl/α,β-unsaturated/α-hetero) is 1. The lowest BCUT2D eigenvalue weighted by molar-refractivity contribution is -0.116. The first-order valence-electron chi connectivity index (χ1n) is 4.67. The zero-order valence-corrected chi connectivity index (χ0v) is 12.3. The average molecular weight is 370 g/mol. The van der Waals surface area contributed by atoms with E-state index in [1.165, 1.54) is 0 Å². The highest BCUT2D eigenvalue weighted by atomic mass is 127. The predicted octanol–water partition coefficient (Wildman–Crippen LogP) is 4.50. The molecule has 0 amide bonds. The van der Waals surface area contributed by atoms with E-state index in [4.69, 9.17) is 23.2 Å². The summed E-state index contributed by atoms with van der Waals surface area (Å²) in [6.45, 7) is 1.57. The fraction of sp³-hybridized carbons (Fsp3) is 0.273. The van der Waals surface area contributed by atoms with Crippen molar-refractivity contribution in [2.24, 2.45) is 3.21 Å². The van der Waals surface area contributed by atoms with Gasteiger partial charge in [0.1, 0.15) is 5.78 Å². The van der Waals surface area contributed by atoms with Crippen molar-refractivity contribution in [3.8, 4) is 0 Å². The summed E-state index contributed by atoms with van der Waals surface area (Å²) in [5, 5.41) is 1.02. The molecule has 1 aromatic carbocycles. The highest BCUT2D eigenvalue weighted by Gasteiger charge is 2.07. The summed E-state index contributed by atoms with van der Waals surface area (Å²) in [5.41, 5.74) is 1.76. The van der Waals surface area contributed by atoms with Gasteiger partial charge >= 0.3 is 0 Å². The number of carbonyl (C=O) groups is 1. The molecule has 0 unspecified atom stereocenters. The topological polar surface area (TPSA) is 29.4 Å². The summed E-state index contributed by atoms with van der Waals surface area (Å²) < 4.78 is 4.13. The Kier molecular flexibility index (Phi) is 5.72. The molecule has 0 radical (unpaired) electrons. The van der Waals surface area contributed by atoms with Crippen LogP contribution in [0.3, 0.4) is 0 Å². The van der Waals surface area contributed by atoms with E-state index in [1.54, 1.807) is 19.1 Å². The van der Waals surface area contributed by atoms with Crippen molar-refractivity contribution in [1.82, 2.24) is 0 Å². The maximum absolute atomic E-state index is 10.9. The quantitative estimate of drug-likeness (QED) is 0.567. The lowest BCUT2D eigenvalue weighted by Gasteiger charge is -2.05. The number of carbonyl (C=O) groups excluding carboxylic acids is 1. The van der Waals surface area contributed by atoms with Gasteiger partial charge in [-0.25, -0.2) is 3.21 Å². The molecule has 0 fully saturated rings. The molecule has 0 N–H and O–H groups in total. The van der Waals surface area contributed by atoms with E-state index in [2.05, 4.69) is 3.21 Å². The third kappa shape index (κ3) is 4.03. The van der Waals surface area contributed by atoms with E-state index in [0.717, 1.165) is 11.3 Å². The summed E-state index contributed by atoms with van der Waals surface area (Å²) in [4.78, 5) is 10.9. The van der Waals surface area contributed by atoms with Crippen LogP contribution in [0.1, 0.15) is 25.3 Å². The monoisotopic (exact) mass is 369 g/mol. The highest BCUT2D eigenvalue weighted by molar-refractivity contribution is 14.1. The second kappa shape index (κ2) is 6.57. The molecule has 0 aliphatic rings. The third-order valence-corrected chi connectivity index (χ3v) is 3.39. The van der Waals surface area contributed by atoms with Crippen molar-refractivity contribution in [3.05, 3.63) is 33.8 Å². The molecule has 0 aliphatic carbocycles. The highest BCUT2D eigenvalue weighted by Crippen LogP contribution is 2.24. The molecule has 0 aromatic heterocycles. The van der Waals surface area contributed by atoms with Gasteiger partial charge in [0.2, 0.25) is 0 Å². The van der Waals surface area contributed by atoms with E-state index in [-0.39, 0.29) is 5.78 Å². The number of ketones is 1. The smallest absolute Gasteiger partial charge is 0.130 e. The van der Waals surface area contributed by atoms with Crippen molar-refractivity contribution >= 4 is 57.6 Å². The van der Waals surface area contributed by atoms with Gasteiger partial charge in [0, 0.05) is 6.42 Å². The molecule has 16 heavy (non-hydrogen) atoms. The predicted molar refractivity (Wildman–Crippen MR) is 76.9 cm³/mol. The SMILES string of the molecule is CC(=O)CC/C(=N\I)c1ccc(Cl)c(Cl)c1. The van der Waals surface area contributed by atoms with Crippen LogP contribution in [-0.4, -0.2) is 11.5 Å². The lowest BCUT2D eigenvalue weighted by atomic mass is 10.0. The molecule has 0 saturated carbocycles. The molecule has 0 atom stereocenters. The van der Waals surface area contributed by atoms with Crippen LogP contribution in [0.25, 0.3) is 0 Å². The van der Waals surface area contributed by atoms with E-state index in [9.17, 15) is 4.79 Å². The van der Waals surface area contributed by atoms with Gasteiger partial charge < -0.3 is 4.79 Å². The molecule has 0 heterocycles.